The lowest BCUT2D eigenvalue weighted by Crippen LogP contribution is -2.11. The fraction of sp³-hybridized carbons (Fsp3) is 0.233. The second-order valence-corrected chi connectivity index (χ2v) is 17.4. The van der Waals surface area contributed by atoms with E-state index >= 15 is 0 Å². The standard InChI is InChI=1S/C43H39N3OS2/c1-25-39-34-23-37-33(32-15-14-26(18-36(32)48-37)24-42(2,3)4)22-38(34)49-41(39)40(46-45-25)28-11-9-13-31(20-28)47-30-12-8-10-27(19-30)35-21-29(16-17-44-35)43(5,6)7/h8-23H,24H2,1-7H3. The van der Waals surface area contributed by atoms with Crippen LogP contribution in [-0.2, 0) is 11.8 Å². The molecule has 0 unspecified atom stereocenters. The maximum absolute atomic E-state index is 6.44. The highest BCUT2D eigenvalue weighted by atomic mass is 32.1. The first-order valence-electron chi connectivity index (χ1n) is 16.8. The van der Waals surface area contributed by atoms with E-state index in [0.29, 0.717) is 0 Å². The molecule has 49 heavy (non-hydrogen) atoms. The van der Waals surface area contributed by atoms with Crippen molar-refractivity contribution >= 4 is 63.0 Å². The van der Waals surface area contributed by atoms with E-state index in [9.17, 15) is 0 Å². The van der Waals surface area contributed by atoms with E-state index in [1.165, 1.54) is 46.8 Å². The van der Waals surface area contributed by atoms with Gasteiger partial charge in [-0.05, 0) is 89.9 Å². The molecule has 8 aromatic rings. The molecular formula is C43H39N3OS2. The minimum absolute atomic E-state index is 0.0473. The molecule has 0 bridgehead atoms. The fourth-order valence-electron chi connectivity index (χ4n) is 6.68. The Morgan fingerprint density at radius 1 is 0.653 bits per heavy atom. The maximum atomic E-state index is 6.44. The smallest absolute Gasteiger partial charge is 0.128 e. The number of pyridine rings is 1. The van der Waals surface area contributed by atoms with Crippen LogP contribution in [0, 0.1) is 12.3 Å². The van der Waals surface area contributed by atoms with Gasteiger partial charge < -0.3 is 4.74 Å². The molecule has 0 radical (unpaired) electrons. The molecule has 0 aliphatic rings. The van der Waals surface area contributed by atoms with Gasteiger partial charge in [0.15, 0.2) is 0 Å². The average molecular weight is 678 g/mol. The Morgan fingerprint density at radius 2 is 1.35 bits per heavy atom. The first-order chi connectivity index (χ1) is 23.4. The van der Waals surface area contributed by atoms with Crippen molar-refractivity contribution in [2.24, 2.45) is 5.41 Å². The average Bonchev–Trinajstić information content (AvgIpc) is 3.60. The van der Waals surface area contributed by atoms with Crippen LogP contribution in [0.15, 0.2) is 97.2 Å². The summed E-state index contributed by atoms with van der Waals surface area (Å²) in [6.45, 7) is 15.6. The molecule has 0 atom stereocenters. The van der Waals surface area contributed by atoms with Crippen molar-refractivity contribution in [3.05, 3.63) is 114 Å². The summed E-state index contributed by atoms with van der Waals surface area (Å²) in [7, 11) is 0. The molecular weight excluding hydrogens is 639 g/mol. The summed E-state index contributed by atoms with van der Waals surface area (Å²) in [5.41, 5.74) is 7.73. The van der Waals surface area contributed by atoms with Crippen LogP contribution in [0.25, 0.3) is 62.9 Å². The highest BCUT2D eigenvalue weighted by Gasteiger charge is 2.19. The zero-order valence-electron chi connectivity index (χ0n) is 29.0. The van der Waals surface area contributed by atoms with Crippen molar-refractivity contribution in [1.29, 1.82) is 0 Å². The zero-order valence-corrected chi connectivity index (χ0v) is 30.6. The van der Waals surface area contributed by atoms with Crippen LogP contribution in [-0.4, -0.2) is 15.2 Å². The third kappa shape index (κ3) is 6.09. The summed E-state index contributed by atoms with van der Waals surface area (Å²) in [5.74, 6) is 1.51. The molecule has 4 aromatic carbocycles. The SMILES string of the molecule is Cc1nnc(-c2cccc(Oc3cccc(-c4cc(C(C)(C)C)ccn4)c3)c2)c2sc3cc4c(cc3c12)sc1cc(CC(C)(C)C)ccc14. The number of rotatable bonds is 5. The summed E-state index contributed by atoms with van der Waals surface area (Å²) in [4.78, 5) is 4.65. The second kappa shape index (κ2) is 11.7. The predicted molar refractivity (Wildman–Crippen MR) is 210 cm³/mol. The Kier molecular flexibility index (Phi) is 7.58. The summed E-state index contributed by atoms with van der Waals surface area (Å²) in [6, 6.07) is 32.3. The van der Waals surface area contributed by atoms with Crippen molar-refractivity contribution < 1.29 is 4.74 Å². The van der Waals surface area contributed by atoms with E-state index in [4.69, 9.17) is 9.84 Å². The number of hydrogen-bond donors (Lipinski definition) is 0. The van der Waals surface area contributed by atoms with Gasteiger partial charge in [0.25, 0.3) is 0 Å². The lowest BCUT2D eigenvalue weighted by molar-refractivity contribution is 0.411. The minimum atomic E-state index is 0.0473. The van der Waals surface area contributed by atoms with Crippen LogP contribution in [0.5, 0.6) is 11.5 Å². The van der Waals surface area contributed by atoms with Crippen molar-refractivity contribution in [3.63, 3.8) is 0 Å². The quantitative estimate of drug-likeness (QED) is 0.182. The molecule has 0 amide bonds. The zero-order chi connectivity index (χ0) is 34.1. The number of nitrogens with zero attached hydrogens (tertiary/aromatic N) is 3. The Bertz CT molecular complexity index is 2550. The van der Waals surface area contributed by atoms with Gasteiger partial charge in [0.05, 0.1) is 16.1 Å². The van der Waals surface area contributed by atoms with Gasteiger partial charge in [0.1, 0.15) is 17.2 Å². The van der Waals surface area contributed by atoms with Gasteiger partial charge >= 0.3 is 0 Å². The topological polar surface area (TPSA) is 47.9 Å². The van der Waals surface area contributed by atoms with Crippen molar-refractivity contribution in [3.8, 4) is 34.0 Å². The van der Waals surface area contributed by atoms with Gasteiger partial charge in [0, 0.05) is 53.0 Å². The van der Waals surface area contributed by atoms with E-state index in [-0.39, 0.29) is 10.8 Å². The van der Waals surface area contributed by atoms with Crippen LogP contribution in [0.3, 0.4) is 0 Å². The van der Waals surface area contributed by atoms with Crippen molar-refractivity contribution in [2.75, 3.05) is 0 Å². The third-order valence-corrected chi connectivity index (χ3v) is 11.3. The highest BCUT2D eigenvalue weighted by molar-refractivity contribution is 7.27. The monoisotopic (exact) mass is 677 g/mol. The largest absolute Gasteiger partial charge is 0.457 e. The molecule has 6 heteroatoms. The van der Waals surface area contributed by atoms with Crippen molar-refractivity contribution in [2.45, 2.75) is 60.3 Å². The number of thiophene rings is 2. The Hall–Kier alpha value is -4.65. The number of fused-ring (bicyclic) bond motifs is 6. The summed E-state index contributed by atoms with van der Waals surface area (Å²) in [5, 5.41) is 14.5. The van der Waals surface area contributed by atoms with Crippen molar-refractivity contribution in [1.82, 2.24) is 15.2 Å². The molecule has 244 valence electrons. The normalized spacial score (nSPS) is 12.5. The van der Waals surface area contributed by atoms with Gasteiger partial charge in [-0.3, -0.25) is 4.98 Å². The molecule has 4 nitrogen and oxygen atoms in total. The molecule has 0 saturated heterocycles. The van der Waals surface area contributed by atoms with Gasteiger partial charge in [-0.25, -0.2) is 0 Å². The summed E-state index contributed by atoms with van der Waals surface area (Å²) in [6.07, 6.45) is 2.96. The van der Waals surface area contributed by atoms with Crippen LogP contribution in [0.4, 0.5) is 0 Å². The first-order valence-corrected chi connectivity index (χ1v) is 18.4. The van der Waals surface area contributed by atoms with E-state index in [0.717, 1.165) is 50.8 Å². The summed E-state index contributed by atoms with van der Waals surface area (Å²) >= 11 is 3.69. The molecule has 4 heterocycles. The molecule has 4 aromatic heterocycles. The molecule has 0 N–H and O–H groups in total. The number of aromatic nitrogens is 3. The van der Waals surface area contributed by atoms with Gasteiger partial charge in [-0.15, -0.1) is 27.8 Å². The Balaban J connectivity index is 1.15. The number of benzene rings is 4. The van der Waals surface area contributed by atoms with Crippen LogP contribution in [0.1, 0.15) is 58.4 Å². The van der Waals surface area contributed by atoms with Gasteiger partial charge in [-0.2, -0.15) is 5.10 Å². The molecule has 0 aliphatic heterocycles. The number of hydrogen-bond acceptors (Lipinski definition) is 6. The lowest BCUT2D eigenvalue weighted by Gasteiger charge is -2.19. The number of aryl methyl sites for hydroxylation is 1. The molecule has 0 spiro atoms. The first kappa shape index (κ1) is 31.6. The predicted octanol–water partition coefficient (Wildman–Crippen LogP) is 12.9. The molecule has 8 rings (SSSR count). The van der Waals surface area contributed by atoms with Gasteiger partial charge in [-0.1, -0.05) is 77.9 Å². The third-order valence-electron chi connectivity index (χ3n) is 9.06. The van der Waals surface area contributed by atoms with E-state index in [1.54, 1.807) is 11.3 Å². The van der Waals surface area contributed by atoms with Crippen LogP contribution < -0.4 is 4.74 Å². The Labute approximate surface area is 295 Å². The molecule has 0 saturated carbocycles. The Morgan fingerprint density at radius 3 is 2.10 bits per heavy atom. The van der Waals surface area contributed by atoms with E-state index in [2.05, 4.69) is 125 Å². The van der Waals surface area contributed by atoms with Crippen LogP contribution >= 0.6 is 22.7 Å². The second-order valence-electron chi connectivity index (χ2n) is 15.3. The maximum Gasteiger partial charge on any atom is 0.128 e. The molecule has 0 fully saturated rings. The van der Waals surface area contributed by atoms with E-state index < -0.39 is 0 Å². The number of ether oxygens (including phenoxy) is 1. The van der Waals surface area contributed by atoms with Crippen LogP contribution in [0.2, 0.25) is 0 Å². The lowest BCUT2D eigenvalue weighted by atomic mass is 9.87. The van der Waals surface area contributed by atoms with Gasteiger partial charge in [0.2, 0.25) is 0 Å². The highest BCUT2D eigenvalue weighted by Crippen LogP contribution is 2.45. The minimum Gasteiger partial charge on any atom is -0.457 e. The summed E-state index contributed by atoms with van der Waals surface area (Å²) < 4.78 is 11.5. The molecule has 0 aliphatic carbocycles. The van der Waals surface area contributed by atoms with E-state index in [1.807, 2.05) is 41.8 Å². The fourth-order valence-corrected chi connectivity index (χ4v) is 9.16.